The van der Waals surface area contributed by atoms with Gasteiger partial charge in [-0.25, -0.2) is 4.39 Å². The Morgan fingerprint density at radius 3 is 2.62 bits per heavy atom. The fourth-order valence-electron chi connectivity index (χ4n) is 2.16. The van der Waals surface area contributed by atoms with E-state index in [4.69, 9.17) is 5.11 Å². The molecule has 0 bridgehead atoms. The summed E-state index contributed by atoms with van der Waals surface area (Å²) in [6.45, 7) is -0.0873. The molecule has 1 saturated carbocycles. The largest absolute Gasteiger partial charge is 0.392 e. The van der Waals surface area contributed by atoms with Crippen molar-refractivity contribution in [3.05, 3.63) is 29.6 Å². The summed E-state index contributed by atoms with van der Waals surface area (Å²) in [4.78, 5) is 0.955. The third-order valence-corrected chi connectivity index (χ3v) is 4.28. The summed E-state index contributed by atoms with van der Waals surface area (Å²) in [5, 5.41) is 9.64. The van der Waals surface area contributed by atoms with Gasteiger partial charge >= 0.3 is 0 Å². The molecule has 1 fully saturated rings. The van der Waals surface area contributed by atoms with Crippen LogP contribution in [0.5, 0.6) is 0 Å². The molecule has 16 heavy (non-hydrogen) atoms. The van der Waals surface area contributed by atoms with Crippen LogP contribution in [0.1, 0.15) is 37.7 Å². The number of aliphatic hydroxyl groups excluding tert-OH is 1. The van der Waals surface area contributed by atoms with E-state index in [-0.39, 0.29) is 12.4 Å². The van der Waals surface area contributed by atoms with Crippen LogP contribution in [-0.4, -0.2) is 10.4 Å². The van der Waals surface area contributed by atoms with E-state index < -0.39 is 0 Å². The Morgan fingerprint density at radius 1 is 1.19 bits per heavy atom. The molecule has 1 aliphatic carbocycles. The van der Waals surface area contributed by atoms with Gasteiger partial charge in [0.15, 0.2) is 0 Å². The van der Waals surface area contributed by atoms with E-state index in [1.807, 2.05) is 6.07 Å². The van der Waals surface area contributed by atoms with Crippen LogP contribution in [-0.2, 0) is 6.61 Å². The maximum absolute atomic E-state index is 13.2. The topological polar surface area (TPSA) is 20.2 Å². The minimum Gasteiger partial charge on any atom is -0.392 e. The highest BCUT2D eigenvalue weighted by Gasteiger charge is 2.15. The molecule has 1 aliphatic rings. The molecule has 1 nitrogen and oxygen atoms in total. The van der Waals surface area contributed by atoms with Gasteiger partial charge in [0.25, 0.3) is 0 Å². The molecule has 0 saturated heterocycles. The van der Waals surface area contributed by atoms with E-state index in [0.29, 0.717) is 10.8 Å². The first kappa shape index (κ1) is 11.9. The number of benzene rings is 1. The molecule has 1 N–H and O–H groups in total. The summed E-state index contributed by atoms with van der Waals surface area (Å²) in [5.74, 6) is -0.246. The van der Waals surface area contributed by atoms with E-state index in [1.165, 1.54) is 38.2 Å². The van der Waals surface area contributed by atoms with Gasteiger partial charge in [-0.05, 0) is 36.6 Å². The van der Waals surface area contributed by atoms with Crippen LogP contribution in [0.4, 0.5) is 4.39 Å². The molecular weight excluding hydrogens is 223 g/mol. The monoisotopic (exact) mass is 240 g/mol. The minimum atomic E-state index is -0.246. The van der Waals surface area contributed by atoms with Crippen LogP contribution < -0.4 is 0 Å². The minimum absolute atomic E-state index is 0.0873. The first-order chi connectivity index (χ1) is 7.78. The number of rotatable bonds is 3. The zero-order chi connectivity index (χ0) is 11.4. The van der Waals surface area contributed by atoms with Gasteiger partial charge in [0.05, 0.1) is 6.61 Å². The molecule has 0 atom stereocenters. The molecule has 0 unspecified atom stereocenters. The second-order valence-electron chi connectivity index (χ2n) is 4.33. The van der Waals surface area contributed by atoms with Gasteiger partial charge in [-0.3, -0.25) is 0 Å². The first-order valence-corrected chi connectivity index (χ1v) is 6.73. The Bertz CT molecular complexity index is 348. The van der Waals surface area contributed by atoms with Gasteiger partial charge < -0.3 is 5.11 Å². The van der Waals surface area contributed by atoms with Crippen molar-refractivity contribution in [2.24, 2.45) is 0 Å². The predicted octanol–water partition coefficient (Wildman–Crippen LogP) is 3.74. The van der Waals surface area contributed by atoms with Crippen molar-refractivity contribution < 1.29 is 9.50 Å². The molecule has 0 spiro atoms. The van der Waals surface area contributed by atoms with Crippen molar-refractivity contribution >= 4 is 11.8 Å². The summed E-state index contributed by atoms with van der Waals surface area (Å²) >= 11 is 1.76. The zero-order valence-electron chi connectivity index (χ0n) is 9.29. The van der Waals surface area contributed by atoms with Gasteiger partial charge in [-0.2, -0.15) is 0 Å². The van der Waals surface area contributed by atoms with E-state index in [9.17, 15) is 4.39 Å². The van der Waals surface area contributed by atoms with Crippen molar-refractivity contribution in [1.29, 1.82) is 0 Å². The maximum atomic E-state index is 13.2. The zero-order valence-corrected chi connectivity index (χ0v) is 10.1. The number of thioether (sulfide) groups is 1. The van der Waals surface area contributed by atoms with Crippen molar-refractivity contribution in [2.75, 3.05) is 0 Å². The highest BCUT2D eigenvalue weighted by atomic mass is 32.2. The third kappa shape index (κ3) is 3.22. The average Bonchev–Trinajstić information content (AvgIpc) is 2.29. The third-order valence-electron chi connectivity index (χ3n) is 2.97. The lowest BCUT2D eigenvalue weighted by Crippen LogP contribution is -2.07. The number of halogens is 1. The van der Waals surface area contributed by atoms with Gasteiger partial charge in [-0.1, -0.05) is 19.3 Å². The molecule has 0 amide bonds. The summed E-state index contributed by atoms with van der Waals surface area (Å²) in [5.41, 5.74) is 0.665. The Morgan fingerprint density at radius 2 is 1.94 bits per heavy atom. The Balaban J connectivity index is 2.04. The standard InChI is InChI=1S/C13H17FOS/c14-11-6-10(9-15)7-13(8-11)16-12-4-2-1-3-5-12/h6-8,12,15H,1-5,9H2. The SMILES string of the molecule is OCc1cc(F)cc(SC2CCCCC2)c1. The molecule has 0 heterocycles. The molecule has 0 aliphatic heterocycles. The highest BCUT2D eigenvalue weighted by Crippen LogP contribution is 2.34. The van der Waals surface area contributed by atoms with Crippen LogP contribution in [0.3, 0.4) is 0 Å². The number of hydrogen-bond donors (Lipinski definition) is 1. The fraction of sp³-hybridized carbons (Fsp3) is 0.538. The number of aliphatic hydroxyl groups is 1. The lowest BCUT2D eigenvalue weighted by molar-refractivity contribution is 0.281. The van der Waals surface area contributed by atoms with E-state index >= 15 is 0 Å². The van der Waals surface area contributed by atoms with Crippen LogP contribution in [0.25, 0.3) is 0 Å². The molecule has 0 aromatic heterocycles. The molecule has 1 aromatic carbocycles. The summed E-state index contributed by atoms with van der Waals surface area (Å²) in [6, 6.07) is 4.85. The lowest BCUT2D eigenvalue weighted by Gasteiger charge is -2.21. The van der Waals surface area contributed by atoms with E-state index in [1.54, 1.807) is 17.8 Å². The maximum Gasteiger partial charge on any atom is 0.124 e. The normalized spacial score (nSPS) is 17.6. The first-order valence-electron chi connectivity index (χ1n) is 5.85. The molecular formula is C13H17FOS. The molecule has 1 aromatic rings. The van der Waals surface area contributed by atoms with Crippen molar-refractivity contribution in [3.63, 3.8) is 0 Å². The van der Waals surface area contributed by atoms with Crippen molar-refractivity contribution in [1.82, 2.24) is 0 Å². The van der Waals surface area contributed by atoms with Crippen molar-refractivity contribution in [2.45, 2.75) is 48.9 Å². The van der Waals surface area contributed by atoms with Gasteiger partial charge in [0, 0.05) is 10.1 Å². The summed E-state index contributed by atoms with van der Waals surface area (Å²) in [6.07, 6.45) is 6.38. The molecule has 2 rings (SSSR count). The quantitative estimate of drug-likeness (QED) is 0.868. The molecule has 0 radical (unpaired) electrons. The van der Waals surface area contributed by atoms with Crippen molar-refractivity contribution in [3.8, 4) is 0 Å². The van der Waals surface area contributed by atoms with Crippen LogP contribution in [0.2, 0.25) is 0 Å². The van der Waals surface area contributed by atoms with Gasteiger partial charge in [0.1, 0.15) is 5.82 Å². The fourth-order valence-corrected chi connectivity index (χ4v) is 3.51. The van der Waals surface area contributed by atoms with Crippen LogP contribution in [0, 0.1) is 5.82 Å². The lowest BCUT2D eigenvalue weighted by atomic mass is 10.0. The Labute approximate surface area is 100 Å². The van der Waals surface area contributed by atoms with E-state index in [2.05, 4.69) is 0 Å². The van der Waals surface area contributed by atoms with Crippen LogP contribution >= 0.6 is 11.8 Å². The smallest absolute Gasteiger partial charge is 0.124 e. The summed E-state index contributed by atoms with van der Waals surface area (Å²) < 4.78 is 13.2. The number of hydrogen-bond acceptors (Lipinski definition) is 2. The molecule has 88 valence electrons. The van der Waals surface area contributed by atoms with Gasteiger partial charge in [0.2, 0.25) is 0 Å². The Hall–Kier alpha value is -0.540. The van der Waals surface area contributed by atoms with E-state index in [0.717, 1.165) is 4.90 Å². The average molecular weight is 240 g/mol. The second kappa shape index (κ2) is 5.69. The predicted molar refractivity (Wildman–Crippen MR) is 65.1 cm³/mol. The Kier molecular flexibility index (Phi) is 4.24. The summed E-state index contributed by atoms with van der Waals surface area (Å²) in [7, 11) is 0. The van der Waals surface area contributed by atoms with Gasteiger partial charge in [-0.15, -0.1) is 11.8 Å². The second-order valence-corrected chi connectivity index (χ2v) is 5.70. The highest BCUT2D eigenvalue weighted by molar-refractivity contribution is 8.00. The van der Waals surface area contributed by atoms with Crippen LogP contribution in [0.15, 0.2) is 23.1 Å². The molecule has 3 heteroatoms.